The largest absolute Gasteiger partial charge is 0.478 e. The van der Waals surface area contributed by atoms with Crippen molar-refractivity contribution in [1.29, 1.82) is 0 Å². The summed E-state index contributed by atoms with van der Waals surface area (Å²) in [4.78, 5) is 22.3. The Morgan fingerprint density at radius 1 is 1.15 bits per heavy atom. The minimum Gasteiger partial charge on any atom is -0.478 e. The molecule has 0 aromatic rings. The highest BCUT2D eigenvalue weighted by atomic mass is 16.5. The van der Waals surface area contributed by atoms with E-state index in [1.807, 2.05) is 6.92 Å². The highest BCUT2D eigenvalue weighted by Crippen LogP contribution is 2.08. The lowest BCUT2D eigenvalue weighted by Gasteiger charge is -2.12. The molecule has 0 amide bonds. The summed E-state index contributed by atoms with van der Waals surface area (Å²) < 4.78 is 5.18. The Kier molecular flexibility index (Phi) is 8.56. The molecule has 5 nitrogen and oxygen atoms in total. The molecule has 0 spiro atoms. The van der Waals surface area contributed by atoms with E-state index in [2.05, 4.69) is 0 Å². The predicted octanol–water partition coefficient (Wildman–Crippen LogP) is 2.45. The Hall–Kier alpha value is -1.62. The van der Waals surface area contributed by atoms with Crippen molar-refractivity contribution >= 4 is 11.9 Å². The second kappa shape index (κ2) is 9.31. The van der Waals surface area contributed by atoms with Crippen LogP contribution in [-0.4, -0.2) is 34.4 Å². The van der Waals surface area contributed by atoms with Crippen molar-refractivity contribution in [3.05, 3.63) is 23.3 Å². The van der Waals surface area contributed by atoms with Crippen molar-refractivity contribution in [2.45, 2.75) is 59.2 Å². The summed E-state index contributed by atoms with van der Waals surface area (Å²) in [5.74, 6) is -1.42. The fraction of sp³-hybridized carbons (Fsp3) is 0.600. The fourth-order valence-corrected chi connectivity index (χ4v) is 1.32. The number of aliphatic hydroxyl groups is 1. The minimum atomic E-state index is -0.979. The normalized spacial score (nSPS) is 15.7. The molecule has 20 heavy (non-hydrogen) atoms. The van der Waals surface area contributed by atoms with Crippen LogP contribution in [0.15, 0.2) is 23.3 Å². The lowest BCUT2D eigenvalue weighted by atomic mass is 10.1. The van der Waals surface area contributed by atoms with Crippen LogP contribution < -0.4 is 0 Å². The zero-order valence-electron chi connectivity index (χ0n) is 12.5. The fourth-order valence-electron chi connectivity index (χ4n) is 1.32. The van der Waals surface area contributed by atoms with Crippen LogP contribution >= 0.6 is 0 Å². The van der Waals surface area contributed by atoms with Crippen LogP contribution in [0.25, 0.3) is 0 Å². The van der Waals surface area contributed by atoms with E-state index in [1.54, 1.807) is 19.9 Å². The molecule has 114 valence electrons. The van der Waals surface area contributed by atoms with Gasteiger partial charge in [-0.05, 0) is 33.6 Å². The molecule has 0 saturated heterocycles. The molecule has 2 atom stereocenters. The molecule has 0 bridgehead atoms. The number of hydrogen-bond donors (Lipinski definition) is 2. The third kappa shape index (κ3) is 7.74. The van der Waals surface area contributed by atoms with Gasteiger partial charge < -0.3 is 14.9 Å². The number of carbonyl (C=O) groups is 2. The highest BCUT2D eigenvalue weighted by Gasteiger charge is 2.11. The first-order chi connectivity index (χ1) is 9.27. The summed E-state index contributed by atoms with van der Waals surface area (Å²) in [6, 6.07) is 0. The van der Waals surface area contributed by atoms with Gasteiger partial charge in [-0.25, -0.2) is 9.59 Å². The molecule has 0 saturated carbocycles. The lowest BCUT2D eigenvalue weighted by Crippen LogP contribution is -2.15. The van der Waals surface area contributed by atoms with E-state index in [0.29, 0.717) is 24.8 Å². The van der Waals surface area contributed by atoms with E-state index in [1.165, 1.54) is 13.0 Å². The van der Waals surface area contributed by atoms with Gasteiger partial charge in [0.05, 0.1) is 6.10 Å². The molecule has 0 aromatic carbocycles. The van der Waals surface area contributed by atoms with Crippen LogP contribution in [0.5, 0.6) is 0 Å². The van der Waals surface area contributed by atoms with Crippen LogP contribution in [0.1, 0.15) is 47.0 Å². The van der Waals surface area contributed by atoms with Gasteiger partial charge >= 0.3 is 11.9 Å². The first kappa shape index (κ1) is 18.4. The Morgan fingerprint density at radius 2 is 1.70 bits per heavy atom. The number of rotatable bonds is 8. The van der Waals surface area contributed by atoms with Gasteiger partial charge in [0.2, 0.25) is 0 Å². The van der Waals surface area contributed by atoms with Gasteiger partial charge in [-0.2, -0.15) is 0 Å². The maximum atomic E-state index is 11.7. The Labute approximate surface area is 119 Å². The summed E-state index contributed by atoms with van der Waals surface area (Å²) in [6.45, 7) is 6.70. The van der Waals surface area contributed by atoms with Crippen molar-refractivity contribution in [2.75, 3.05) is 0 Å². The van der Waals surface area contributed by atoms with Gasteiger partial charge in [-0.1, -0.05) is 19.1 Å². The molecule has 0 rings (SSSR count). The lowest BCUT2D eigenvalue weighted by molar-refractivity contribution is -0.143. The Bertz CT molecular complexity index is 395. The van der Waals surface area contributed by atoms with Crippen LogP contribution in [0.4, 0.5) is 0 Å². The third-order valence-corrected chi connectivity index (χ3v) is 2.89. The van der Waals surface area contributed by atoms with E-state index in [9.17, 15) is 14.7 Å². The number of carboxylic acid groups (broad SMARTS) is 1. The van der Waals surface area contributed by atoms with Crippen LogP contribution in [0.3, 0.4) is 0 Å². The molecular formula is C15H24O5. The molecule has 0 heterocycles. The number of aliphatic carboxylic acids is 1. The van der Waals surface area contributed by atoms with Gasteiger partial charge in [-0.3, -0.25) is 0 Å². The maximum Gasteiger partial charge on any atom is 0.333 e. The molecule has 0 fully saturated rings. The first-order valence-corrected chi connectivity index (χ1v) is 6.73. The Morgan fingerprint density at radius 3 is 2.20 bits per heavy atom. The minimum absolute atomic E-state index is 0.228. The smallest absolute Gasteiger partial charge is 0.333 e. The van der Waals surface area contributed by atoms with Crippen molar-refractivity contribution in [1.82, 2.24) is 0 Å². The van der Waals surface area contributed by atoms with E-state index < -0.39 is 24.1 Å². The van der Waals surface area contributed by atoms with Gasteiger partial charge in [-0.15, -0.1) is 0 Å². The van der Waals surface area contributed by atoms with Gasteiger partial charge in [0.15, 0.2) is 0 Å². The maximum absolute atomic E-state index is 11.7. The summed E-state index contributed by atoms with van der Waals surface area (Å²) in [6.07, 6.45) is 3.75. The average Bonchev–Trinajstić information content (AvgIpc) is 2.41. The van der Waals surface area contributed by atoms with Gasteiger partial charge in [0.25, 0.3) is 0 Å². The highest BCUT2D eigenvalue weighted by molar-refractivity contribution is 5.88. The first-order valence-electron chi connectivity index (χ1n) is 6.73. The van der Waals surface area contributed by atoms with E-state index in [4.69, 9.17) is 9.84 Å². The average molecular weight is 284 g/mol. The molecular weight excluding hydrogens is 260 g/mol. The molecule has 0 aromatic heterocycles. The molecule has 0 radical (unpaired) electrons. The van der Waals surface area contributed by atoms with Crippen molar-refractivity contribution in [2.24, 2.45) is 0 Å². The zero-order chi connectivity index (χ0) is 15.7. The monoisotopic (exact) mass is 284 g/mol. The van der Waals surface area contributed by atoms with Gasteiger partial charge in [0.1, 0.15) is 6.10 Å². The quantitative estimate of drug-likeness (QED) is 0.528. The van der Waals surface area contributed by atoms with Crippen molar-refractivity contribution in [3.63, 3.8) is 0 Å². The van der Waals surface area contributed by atoms with Crippen molar-refractivity contribution < 1.29 is 24.5 Å². The summed E-state index contributed by atoms with van der Waals surface area (Å²) in [5.41, 5.74) is 0.675. The number of hydrogen-bond acceptors (Lipinski definition) is 4. The zero-order valence-corrected chi connectivity index (χ0v) is 12.5. The molecule has 0 aliphatic heterocycles. The van der Waals surface area contributed by atoms with Crippen LogP contribution in [-0.2, 0) is 14.3 Å². The van der Waals surface area contributed by atoms with Gasteiger partial charge in [0, 0.05) is 17.6 Å². The summed E-state index contributed by atoms with van der Waals surface area (Å²) in [7, 11) is 0. The van der Waals surface area contributed by atoms with E-state index in [-0.39, 0.29) is 5.57 Å². The number of carbonyl (C=O) groups excluding carboxylic acids is 1. The SMILES string of the molecule is CCC(O)CC=C(C)C(=O)OC(C)CC=C(C)C(=O)O. The molecule has 0 aliphatic carbocycles. The summed E-state index contributed by atoms with van der Waals surface area (Å²) in [5, 5.41) is 18.1. The van der Waals surface area contributed by atoms with Crippen LogP contribution in [0.2, 0.25) is 0 Å². The van der Waals surface area contributed by atoms with Crippen LogP contribution in [0, 0.1) is 0 Å². The van der Waals surface area contributed by atoms with E-state index >= 15 is 0 Å². The Balaban J connectivity index is 4.32. The number of carboxylic acids is 1. The summed E-state index contributed by atoms with van der Waals surface area (Å²) >= 11 is 0. The second-order valence-corrected chi connectivity index (χ2v) is 4.83. The second-order valence-electron chi connectivity index (χ2n) is 4.83. The predicted molar refractivity (Wildman–Crippen MR) is 76.2 cm³/mol. The standard InChI is InChI=1S/C15H24O5/c1-5-13(16)9-7-11(3)15(19)20-12(4)8-6-10(2)14(17)18/h6-7,12-13,16H,5,8-9H2,1-4H3,(H,17,18). The number of ether oxygens (including phenoxy) is 1. The van der Waals surface area contributed by atoms with E-state index in [0.717, 1.165) is 0 Å². The number of aliphatic hydroxyl groups excluding tert-OH is 1. The molecule has 5 heteroatoms. The molecule has 2 unspecified atom stereocenters. The molecule has 2 N–H and O–H groups in total. The third-order valence-electron chi connectivity index (χ3n) is 2.89. The van der Waals surface area contributed by atoms with Crippen molar-refractivity contribution in [3.8, 4) is 0 Å². The number of esters is 1. The molecule has 0 aliphatic rings. The topological polar surface area (TPSA) is 83.8 Å².